The zero-order chi connectivity index (χ0) is 21.7. The highest BCUT2D eigenvalue weighted by atomic mass is 16.6. The number of ether oxygens (including phenoxy) is 2. The number of hydrogen-bond donors (Lipinski definition) is 1. The predicted octanol–water partition coefficient (Wildman–Crippen LogP) is 5.00. The highest BCUT2D eigenvalue weighted by molar-refractivity contribution is 5.92. The largest absolute Gasteiger partial charge is 0.449 e. The minimum atomic E-state index is -0.745. The van der Waals surface area contributed by atoms with E-state index in [-0.39, 0.29) is 11.5 Å². The molecule has 1 aromatic heterocycles. The average molecular weight is 409 g/mol. The molecule has 8 heteroatoms. The summed E-state index contributed by atoms with van der Waals surface area (Å²) in [6, 6.07) is 15.7. The van der Waals surface area contributed by atoms with Crippen molar-refractivity contribution in [1.82, 2.24) is 10.2 Å². The van der Waals surface area contributed by atoms with Crippen LogP contribution in [-0.2, 0) is 9.47 Å². The van der Waals surface area contributed by atoms with Gasteiger partial charge in [-0.05, 0) is 58.0 Å². The summed E-state index contributed by atoms with van der Waals surface area (Å²) in [5.41, 5.74) is 0.822. The first kappa shape index (κ1) is 21.0. The van der Waals surface area contributed by atoms with Crippen LogP contribution in [0.1, 0.15) is 50.0 Å². The van der Waals surface area contributed by atoms with Crippen LogP contribution >= 0.6 is 0 Å². The molecule has 0 aliphatic heterocycles. The monoisotopic (exact) mass is 409 g/mol. The van der Waals surface area contributed by atoms with Gasteiger partial charge >= 0.3 is 12.1 Å². The number of carbonyl (C=O) groups excluding carboxylic acids is 2. The maximum Gasteiger partial charge on any atom is 0.412 e. The third-order valence-electron chi connectivity index (χ3n) is 3.84. The number of benzene rings is 2. The SMILES string of the molecule is C[C@@H](OC(=O)c1cccc(NC(=O)OC(C)(C)C)c1)c1nnc(-c2ccccc2)o1. The van der Waals surface area contributed by atoms with Crippen LogP contribution in [0.2, 0.25) is 0 Å². The molecule has 1 N–H and O–H groups in total. The van der Waals surface area contributed by atoms with Crippen molar-refractivity contribution in [2.75, 3.05) is 5.32 Å². The molecule has 0 radical (unpaired) electrons. The normalized spacial score (nSPS) is 12.1. The first-order valence-electron chi connectivity index (χ1n) is 9.41. The lowest BCUT2D eigenvalue weighted by atomic mass is 10.2. The van der Waals surface area contributed by atoms with Crippen LogP contribution in [-0.4, -0.2) is 27.9 Å². The van der Waals surface area contributed by atoms with E-state index < -0.39 is 23.8 Å². The van der Waals surface area contributed by atoms with E-state index in [1.807, 2.05) is 30.3 Å². The molecule has 30 heavy (non-hydrogen) atoms. The molecular formula is C22H23N3O5. The number of anilines is 1. The molecule has 3 rings (SSSR count). The zero-order valence-electron chi connectivity index (χ0n) is 17.2. The molecule has 0 unspecified atom stereocenters. The summed E-state index contributed by atoms with van der Waals surface area (Å²) in [5.74, 6) is -0.0582. The van der Waals surface area contributed by atoms with Gasteiger partial charge in [0.25, 0.3) is 5.89 Å². The van der Waals surface area contributed by atoms with Crippen LogP contribution in [0.15, 0.2) is 59.0 Å². The minimum Gasteiger partial charge on any atom is -0.449 e. The molecule has 2 aromatic carbocycles. The van der Waals surface area contributed by atoms with Crippen LogP contribution in [0.25, 0.3) is 11.5 Å². The Bertz CT molecular complexity index is 1020. The lowest BCUT2D eigenvalue weighted by molar-refractivity contribution is 0.0279. The number of nitrogens with zero attached hydrogens (tertiary/aromatic N) is 2. The number of amides is 1. The molecule has 156 valence electrons. The van der Waals surface area contributed by atoms with Gasteiger partial charge in [0.15, 0.2) is 6.10 Å². The fourth-order valence-electron chi connectivity index (χ4n) is 2.52. The highest BCUT2D eigenvalue weighted by Gasteiger charge is 2.21. The second-order valence-corrected chi connectivity index (χ2v) is 7.57. The first-order valence-corrected chi connectivity index (χ1v) is 9.41. The maximum atomic E-state index is 12.5. The highest BCUT2D eigenvalue weighted by Crippen LogP contribution is 2.23. The molecule has 0 saturated heterocycles. The van der Waals surface area contributed by atoms with E-state index in [9.17, 15) is 9.59 Å². The van der Waals surface area contributed by atoms with Gasteiger partial charge in [-0.1, -0.05) is 24.3 Å². The van der Waals surface area contributed by atoms with Gasteiger partial charge < -0.3 is 13.9 Å². The standard InChI is InChI=1S/C22H23N3O5/c1-14(18-24-25-19(29-18)15-9-6-5-7-10-15)28-20(26)16-11-8-12-17(13-16)23-21(27)30-22(2,3)4/h5-14H,1-4H3,(H,23,27)/t14-/m1/s1. The molecule has 0 bridgehead atoms. The zero-order valence-corrected chi connectivity index (χ0v) is 17.2. The van der Waals surface area contributed by atoms with Crippen molar-refractivity contribution in [3.63, 3.8) is 0 Å². The van der Waals surface area contributed by atoms with E-state index in [2.05, 4.69) is 15.5 Å². The number of carbonyl (C=O) groups is 2. The fraction of sp³-hybridized carbons (Fsp3) is 0.273. The molecule has 0 aliphatic carbocycles. The number of nitrogens with one attached hydrogen (secondary N) is 1. The Morgan fingerprint density at radius 1 is 1.03 bits per heavy atom. The molecule has 0 aliphatic rings. The van der Waals surface area contributed by atoms with Crippen LogP contribution in [0.4, 0.5) is 10.5 Å². The molecule has 0 spiro atoms. The quantitative estimate of drug-likeness (QED) is 0.591. The number of hydrogen-bond acceptors (Lipinski definition) is 7. The Hall–Kier alpha value is -3.68. The van der Waals surface area contributed by atoms with Crippen molar-refractivity contribution in [3.8, 4) is 11.5 Å². The topological polar surface area (TPSA) is 104 Å². The van der Waals surface area contributed by atoms with Gasteiger partial charge in [-0.3, -0.25) is 5.32 Å². The Balaban J connectivity index is 1.64. The summed E-state index contributed by atoms with van der Waals surface area (Å²) in [6.07, 6.45) is -1.36. The molecule has 3 aromatic rings. The summed E-state index contributed by atoms with van der Waals surface area (Å²) in [5, 5.41) is 10.5. The third-order valence-corrected chi connectivity index (χ3v) is 3.84. The summed E-state index contributed by atoms with van der Waals surface area (Å²) in [4.78, 5) is 24.4. The first-order chi connectivity index (χ1) is 14.2. The van der Waals surface area contributed by atoms with Crippen LogP contribution in [0.3, 0.4) is 0 Å². The van der Waals surface area contributed by atoms with Crippen molar-refractivity contribution in [1.29, 1.82) is 0 Å². The van der Waals surface area contributed by atoms with Gasteiger partial charge in [0, 0.05) is 11.3 Å². The average Bonchev–Trinajstić information content (AvgIpc) is 3.18. The second kappa shape index (κ2) is 8.77. The predicted molar refractivity (Wildman–Crippen MR) is 110 cm³/mol. The molecule has 0 saturated carbocycles. The third kappa shape index (κ3) is 5.66. The van der Waals surface area contributed by atoms with Crippen molar-refractivity contribution < 1.29 is 23.5 Å². The summed E-state index contributed by atoms with van der Waals surface area (Å²) in [6.45, 7) is 6.94. The second-order valence-electron chi connectivity index (χ2n) is 7.57. The van der Waals surface area contributed by atoms with Gasteiger partial charge in [0.2, 0.25) is 5.89 Å². The molecule has 1 amide bonds. The summed E-state index contributed by atoms with van der Waals surface area (Å²) in [7, 11) is 0. The molecule has 8 nitrogen and oxygen atoms in total. The summed E-state index contributed by atoms with van der Waals surface area (Å²) >= 11 is 0. The van der Waals surface area contributed by atoms with Gasteiger partial charge in [0.05, 0.1) is 5.56 Å². The van der Waals surface area contributed by atoms with Gasteiger partial charge in [0.1, 0.15) is 5.60 Å². The van der Waals surface area contributed by atoms with Gasteiger partial charge in [-0.25, -0.2) is 9.59 Å². The Labute approximate surface area is 174 Å². The van der Waals surface area contributed by atoms with Crippen molar-refractivity contribution in [2.45, 2.75) is 39.4 Å². The number of esters is 1. The van der Waals surface area contributed by atoms with E-state index in [4.69, 9.17) is 13.9 Å². The number of rotatable bonds is 5. The minimum absolute atomic E-state index is 0.185. The van der Waals surface area contributed by atoms with Crippen molar-refractivity contribution in [3.05, 3.63) is 66.1 Å². The smallest absolute Gasteiger partial charge is 0.412 e. The maximum absolute atomic E-state index is 12.5. The van der Waals surface area contributed by atoms with Crippen LogP contribution in [0.5, 0.6) is 0 Å². The Kier molecular flexibility index (Phi) is 6.15. The van der Waals surface area contributed by atoms with E-state index >= 15 is 0 Å². The number of aromatic nitrogens is 2. The van der Waals surface area contributed by atoms with Gasteiger partial charge in [-0.2, -0.15) is 0 Å². The van der Waals surface area contributed by atoms with Crippen LogP contribution < -0.4 is 5.32 Å². The Morgan fingerprint density at radius 3 is 2.47 bits per heavy atom. The van der Waals surface area contributed by atoms with Crippen molar-refractivity contribution >= 4 is 17.7 Å². The van der Waals surface area contributed by atoms with E-state index in [1.165, 1.54) is 6.07 Å². The van der Waals surface area contributed by atoms with E-state index in [0.717, 1.165) is 5.56 Å². The van der Waals surface area contributed by atoms with E-state index in [1.54, 1.807) is 45.9 Å². The van der Waals surface area contributed by atoms with Gasteiger partial charge in [-0.15, -0.1) is 10.2 Å². The lowest BCUT2D eigenvalue weighted by Crippen LogP contribution is -2.27. The van der Waals surface area contributed by atoms with E-state index in [0.29, 0.717) is 11.6 Å². The van der Waals surface area contributed by atoms with Crippen molar-refractivity contribution in [2.24, 2.45) is 0 Å². The van der Waals surface area contributed by atoms with Crippen LogP contribution in [0, 0.1) is 0 Å². The molecule has 1 atom stereocenters. The molecule has 0 fully saturated rings. The molecule has 1 heterocycles. The lowest BCUT2D eigenvalue weighted by Gasteiger charge is -2.19. The molecular weight excluding hydrogens is 386 g/mol. The summed E-state index contributed by atoms with van der Waals surface area (Å²) < 4.78 is 16.3. The Morgan fingerprint density at radius 2 is 1.77 bits per heavy atom. The fourth-order valence-corrected chi connectivity index (χ4v) is 2.52.